The van der Waals surface area contributed by atoms with Crippen molar-refractivity contribution >= 4 is 29.4 Å². The van der Waals surface area contributed by atoms with Gasteiger partial charge in [-0.3, -0.25) is 4.79 Å². The summed E-state index contributed by atoms with van der Waals surface area (Å²) in [5, 5.41) is 17.8. The fraction of sp³-hybridized carbons (Fsp3) is 0.531. The van der Waals surface area contributed by atoms with Crippen LogP contribution in [-0.4, -0.2) is 65.0 Å². The molecule has 1 amide bonds. The molecule has 2 aromatic carbocycles. The molecule has 5 rings (SSSR count). The van der Waals surface area contributed by atoms with Crippen LogP contribution >= 0.6 is 23.5 Å². The van der Waals surface area contributed by atoms with Crippen molar-refractivity contribution in [3.8, 4) is 0 Å². The molecule has 6 nitrogen and oxygen atoms in total. The van der Waals surface area contributed by atoms with E-state index in [0.29, 0.717) is 30.3 Å². The van der Waals surface area contributed by atoms with Gasteiger partial charge in [0.15, 0.2) is 0 Å². The van der Waals surface area contributed by atoms with Gasteiger partial charge in [-0.15, -0.1) is 23.5 Å². The maximum Gasteiger partial charge on any atom is 0.246 e. The highest BCUT2D eigenvalue weighted by Crippen LogP contribution is 2.55. The molecule has 2 aromatic rings. The Bertz CT molecular complexity index is 1130. The molecule has 2 heterocycles. The van der Waals surface area contributed by atoms with Gasteiger partial charge in [0.2, 0.25) is 5.91 Å². The van der Waals surface area contributed by atoms with E-state index in [1.807, 2.05) is 24.4 Å². The summed E-state index contributed by atoms with van der Waals surface area (Å²) in [6, 6.07) is 17.3. The Kier molecular flexibility index (Phi) is 10.5. The molecule has 40 heavy (non-hydrogen) atoms. The Morgan fingerprint density at radius 3 is 2.70 bits per heavy atom. The predicted molar refractivity (Wildman–Crippen MR) is 165 cm³/mol. The van der Waals surface area contributed by atoms with Crippen LogP contribution in [0.4, 0.5) is 0 Å². The van der Waals surface area contributed by atoms with Crippen LogP contribution in [0.3, 0.4) is 0 Å². The number of carbonyl (C=O) groups is 1. The number of hydrogen-bond acceptors (Lipinski definition) is 7. The molecule has 0 bridgehead atoms. The summed E-state index contributed by atoms with van der Waals surface area (Å²) in [4.78, 5) is 16.4. The third kappa shape index (κ3) is 7.85. The Labute approximate surface area is 247 Å². The predicted octanol–water partition coefficient (Wildman–Crippen LogP) is 5.27. The largest absolute Gasteiger partial charge is 0.389 e. The van der Waals surface area contributed by atoms with E-state index >= 15 is 0 Å². The fourth-order valence-electron chi connectivity index (χ4n) is 5.91. The van der Waals surface area contributed by atoms with E-state index in [2.05, 4.69) is 64.6 Å². The molecule has 0 unspecified atom stereocenters. The highest BCUT2D eigenvalue weighted by Gasteiger charge is 2.42. The molecule has 3 atom stereocenters. The lowest BCUT2D eigenvalue weighted by Gasteiger charge is -2.40. The summed E-state index contributed by atoms with van der Waals surface area (Å²) < 4.78 is 5.69. The highest BCUT2D eigenvalue weighted by molar-refractivity contribution is 8.00. The third-order valence-corrected chi connectivity index (χ3v) is 11.1. The third-order valence-electron chi connectivity index (χ3n) is 8.24. The number of ether oxygens (including phenoxy) is 1. The van der Waals surface area contributed by atoms with Crippen LogP contribution in [0, 0.1) is 0 Å². The molecule has 1 saturated carbocycles. The zero-order valence-corrected chi connectivity index (χ0v) is 25.2. The lowest BCUT2D eigenvalue weighted by Crippen LogP contribution is -2.47. The topological polar surface area (TPSA) is 73.8 Å². The first kappa shape index (κ1) is 29.5. The van der Waals surface area contributed by atoms with Gasteiger partial charge < -0.3 is 25.4 Å². The van der Waals surface area contributed by atoms with Gasteiger partial charge in [0.25, 0.3) is 0 Å². The number of rotatable bonds is 11. The van der Waals surface area contributed by atoms with Gasteiger partial charge in [-0.2, -0.15) is 0 Å². The Morgan fingerprint density at radius 2 is 1.95 bits per heavy atom. The maximum atomic E-state index is 12.9. The van der Waals surface area contributed by atoms with Crippen molar-refractivity contribution in [1.29, 1.82) is 0 Å². The van der Waals surface area contributed by atoms with E-state index in [0.717, 1.165) is 25.9 Å². The van der Waals surface area contributed by atoms with Crippen LogP contribution in [0.5, 0.6) is 0 Å². The van der Waals surface area contributed by atoms with E-state index in [-0.39, 0.29) is 11.9 Å². The van der Waals surface area contributed by atoms with Crippen molar-refractivity contribution in [2.75, 3.05) is 32.8 Å². The van der Waals surface area contributed by atoms with Crippen molar-refractivity contribution in [3.63, 3.8) is 0 Å². The van der Waals surface area contributed by atoms with E-state index in [4.69, 9.17) is 4.74 Å². The van der Waals surface area contributed by atoms with Crippen LogP contribution in [0.2, 0.25) is 0 Å². The zero-order chi connectivity index (χ0) is 27.8. The summed E-state index contributed by atoms with van der Waals surface area (Å²) >= 11 is 3.65. The van der Waals surface area contributed by atoms with Crippen LogP contribution in [-0.2, 0) is 21.7 Å². The number of aryl methyl sites for hydroxylation is 1. The Hall–Kier alpha value is -1.97. The monoisotopic (exact) mass is 581 g/mol. The normalized spacial score (nSPS) is 21.9. The van der Waals surface area contributed by atoms with Gasteiger partial charge in [0.1, 0.15) is 5.37 Å². The molecule has 2 aliphatic heterocycles. The van der Waals surface area contributed by atoms with Crippen molar-refractivity contribution in [2.45, 2.75) is 78.4 Å². The summed E-state index contributed by atoms with van der Waals surface area (Å²) in [7, 11) is 0. The van der Waals surface area contributed by atoms with E-state index < -0.39 is 11.5 Å². The van der Waals surface area contributed by atoms with Gasteiger partial charge in [-0.1, -0.05) is 62.2 Å². The van der Waals surface area contributed by atoms with E-state index in [1.165, 1.54) is 47.3 Å². The van der Waals surface area contributed by atoms with Crippen LogP contribution < -0.4 is 10.6 Å². The summed E-state index contributed by atoms with van der Waals surface area (Å²) in [6.07, 6.45) is 9.89. The maximum absolute atomic E-state index is 12.9. The average Bonchev–Trinajstić information content (AvgIpc) is 3.44. The molecular formula is C32H43N3O3S2. The summed E-state index contributed by atoms with van der Waals surface area (Å²) in [5.41, 5.74) is 3.88. The Balaban J connectivity index is 1.26. The summed E-state index contributed by atoms with van der Waals surface area (Å²) in [5.74, 6) is 0.523. The molecule has 0 aromatic heterocycles. The van der Waals surface area contributed by atoms with E-state index in [1.54, 1.807) is 17.8 Å². The molecule has 3 aliphatic rings. The second-order valence-corrected chi connectivity index (χ2v) is 13.8. The van der Waals surface area contributed by atoms with Crippen molar-refractivity contribution in [3.05, 3.63) is 77.5 Å². The first-order chi connectivity index (χ1) is 19.5. The number of carbonyl (C=O) groups excluding carboxylic acids is 1. The number of benzene rings is 2. The number of nitrogens with one attached hydrogen (secondary N) is 2. The summed E-state index contributed by atoms with van der Waals surface area (Å²) in [6.45, 7) is 5.54. The van der Waals surface area contributed by atoms with Crippen molar-refractivity contribution in [1.82, 2.24) is 15.5 Å². The van der Waals surface area contributed by atoms with Gasteiger partial charge in [-0.25, -0.2) is 0 Å². The number of thioether (sulfide) groups is 2. The van der Waals surface area contributed by atoms with Crippen LogP contribution in [0.1, 0.15) is 61.8 Å². The van der Waals surface area contributed by atoms with Gasteiger partial charge in [-0.05, 0) is 48.4 Å². The molecule has 216 valence electrons. The standard InChI is InChI=1S/C32H43N3O3S2/c1-2-24-10-11-29-26(20-24)27(21-32(40-29)13-6-7-14-32)33-22-28(36)31(39-23-25-8-4-3-5-9-25)34-30(37)12-15-35-16-18-38-19-17-35/h3-5,8-12,15,20,27-28,31,33,36H,2,6-7,13-14,16-19,21-23H2,1H3,(H,34,37)/b15-12+/t27-,28+,31-/m0/s1. The quantitative estimate of drug-likeness (QED) is 0.247. The first-order valence-electron chi connectivity index (χ1n) is 14.7. The molecule has 2 fully saturated rings. The Morgan fingerprint density at radius 1 is 1.18 bits per heavy atom. The van der Waals surface area contributed by atoms with Gasteiger partial charge in [0.05, 0.1) is 19.3 Å². The number of aliphatic hydroxyl groups is 1. The fourth-order valence-corrected chi connectivity index (χ4v) is 8.66. The van der Waals surface area contributed by atoms with Crippen LogP contribution in [0.15, 0.2) is 65.7 Å². The minimum absolute atomic E-state index is 0.187. The minimum atomic E-state index is -0.735. The van der Waals surface area contributed by atoms with Crippen molar-refractivity contribution < 1.29 is 14.6 Å². The average molecular weight is 582 g/mol. The lowest BCUT2D eigenvalue weighted by molar-refractivity contribution is -0.117. The number of hydrogen-bond donors (Lipinski definition) is 3. The van der Waals surface area contributed by atoms with Crippen LogP contribution in [0.25, 0.3) is 0 Å². The molecule has 0 radical (unpaired) electrons. The second-order valence-electron chi connectivity index (χ2n) is 11.1. The lowest BCUT2D eigenvalue weighted by atomic mass is 9.90. The molecule has 1 spiro atoms. The first-order valence-corrected chi connectivity index (χ1v) is 16.6. The molecule has 1 aliphatic carbocycles. The van der Waals surface area contributed by atoms with Crippen molar-refractivity contribution in [2.24, 2.45) is 0 Å². The van der Waals surface area contributed by atoms with Gasteiger partial charge in [0, 0.05) is 53.3 Å². The second kappa shape index (κ2) is 14.3. The minimum Gasteiger partial charge on any atom is -0.389 e. The molecule has 3 N–H and O–H groups in total. The number of amides is 1. The number of fused-ring (bicyclic) bond motifs is 1. The van der Waals surface area contributed by atoms with E-state index in [9.17, 15) is 9.90 Å². The molecule has 8 heteroatoms. The number of aliphatic hydroxyl groups excluding tert-OH is 1. The highest BCUT2D eigenvalue weighted by atomic mass is 32.2. The number of morpholine rings is 1. The molecular weight excluding hydrogens is 539 g/mol. The molecule has 1 saturated heterocycles. The van der Waals surface area contributed by atoms with Gasteiger partial charge >= 0.3 is 0 Å². The SMILES string of the molecule is CCc1ccc2c(c1)[C@@H](NC[C@@H](O)[C@@H](NC(=O)/C=C/N1CCOCC1)SCc1ccccc1)CC1(CCCC1)S2. The zero-order valence-electron chi connectivity index (χ0n) is 23.5. The number of nitrogens with zero attached hydrogens (tertiary/aromatic N) is 1. The smallest absolute Gasteiger partial charge is 0.246 e.